The Balaban J connectivity index is 1.73. The molecule has 27 heavy (non-hydrogen) atoms. The Morgan fingerprint density at radius 1 is 0.963 bits per heavy atom. The normalized spacial score (nSPS) is 20.1. The van der Waals surface area contributed by atoms with Crippen LogP contribution >= 0.6 is 0 Å². The average Bonchev–Trinajstić information content (AvgIpc) is 2.70. The smallest absolute Gasteiger partial charge is 0.201 e. The van der Waals surface area contributed by atoms with Gasteiger partial charge in [0.25, 0.3) is 0 Å². The van der Waals surface area contributed by atoms with Crippen LogP contribution in [0.4, 0.5) is 8.78 Å². The molecule has 2 aromatic carbocycles. The summed E-state index contributed by atoms with van der Waals surface area (Å²) in [7, 11) is 0. The number of hydrogen-bond acceptors (Lipinski definition) is 1. The molecule has 0 bridgehead atoms. The molecular formula is C24H28F2O. The fourth-order valence-corrected chi connectivity index (χ4v) is 4.11. The van der Waals surface area contributed by atoms with Gasteiger partial charge in [0, 0.05) is 5.56 Å². The van der Waals surface area contributed by atoms with E-state index in [1.165, 1.54) is 56.4 Å². The summed E-state index contributed by atoms with van der Waals surface area (Å²) in [4.78, 5) is 0. The maximum absolute atomic E-state index is 14.5. The highest BCUT2D eigenvalue weighted by Crippen LogP contribution is 2.38. The number of hydrogen-bond donors (Lipinski definition) is 0. The molecule has 1 saturated carbocycles. The van der Waals surface area contributed by atoms with Crippen molar-refractivity contribution in [2.24, 2.45) is 5.92 Å². The molecule has 0 atom stereocenters. The predicted molar refractivity (Wildman–Crippen MR) is 107 cm³/mol. The molecule has 0 heterocycles. The minimum atomic E-state index is -0.955. The van der Waals surface area contributed by atoms with Gasteiger partial charge in [-0.05, 0) is 67.7 Å². The van der Waals surface area contributed by atoms with Crippen molar-refractivity contribution in [2.75, 3.05) is 0 Å². The molecule has 0 saturated heterocycles. The van der Waals surface area contributed by atoms with E-state index in [0.717, 1.165) is 5.92 Å². The lowest BCUT2D eigenvalue weighted by molar-refractivity contribution is 0.308. The van der Waals surface area contributed by atoms with E-state index in [0.29, 0.717) is 11.5 Å². The first-order valence-corrected chi connectivity index (χ1v) is 10.00. The van der Waals surface area contributed by atoms with Crippen LogP contribution in [0.3, 0.4) is 0 Å². The SMILES string of the molecule is CC=COc1ccc(-c2ccc(C3CCC(CCC)CC3)cc2)c(F)c1F. The second-order valence-corrected chi connectivity index (χ2v) is 7.45. The second-order valence-electron chi connectivity index (χ2n) is 7.45. The molecule has 1 fully saturated rings. The van der Waals surface area contributed by atoms with Crippen molar-refractivity contribution in [1.29, 1.82) is 0 Å². The largest absolute Gasteiger partial charge is 0.462 e. The third kappa shape index (κ3) is 4.58. The van der Waals surface area contributed by atoms with Crippen molar-refractivity contribution < 1.29 is 13.5 Å². The molecule has 2 aromatic rings. The van der Waals surface area contributed by atoms with Gasteiger partial charge in [-0.2, -0.15) is 4.39 Å². The highest BCUT2D eigenvalue weighted by atomic mass is 19.2. The van der Waals surface area contributed by atoms with Crippen LogP contribution in [0.15, 0.2) is 48.7 Å². The molecule has 1 aliphatic rings. The molecule has 0 aliphatic heterocycles. The first-order valence-electron chi connectivity index (χ1n) is 10.00. The Bertz CT molecular complexity index is 772. The predicted octanol–water partition coefficient (Wildman–Crippen LogP) is 7.62. The van der Waals surface area contributed by atoms with Crippen molar-refractivity contribution >= 4 is 0 Å². The van der Waals surface area contributed by atoms with E-state index in [-0.39, 0.29) is 11.3 Å². The monoisotopic (exact) mass is 370 g/mol. The Morgan fingerprint density at radius 3 is 2.30 bits per heavy atom. The molecule has 1 aliphatic carbocycles. The van der Waals surface area contributed by atoms with E-state index < -0.39 is 11.6 Å². The van der Waals surface area contributed by atoms with Crippen LogP contribution in [0.1, 0.15) is 63.9 Å². The van der Waals surface area contributed by atoms with Crippen LogP contribution in [-0.4, -0.2) is 0 Å². The molecule has 0 spiro atoms. The van der Waals surface area contributed by atoms with Crippen LogP contribution < -0.4 is 4.74 Å². The van der Waals surface area contributed by atoms with E-state index in [1.807, 2.05) is 12.1 Å². The molecule has 0 radical (unpaired) electrons. The molecule has 0 amide bonds. The lowest BCUT2D eigenvalue weighted by atomic mass is 9.77. The van der Waals surface area contributed by atoms with E-state index in [1.54, 1.807) is 19.1 Å². The number of ether oxygens (including phenoxy) is 1. The number of benzene rings is 2. The quantitative estimate of drug-likeness (QED) is 0.475. The fourth-order valence-electron chi connectivity index (χ4n) is 4.11. The molecular weight excluding hydrogens is 342 g/mol. The number of halogens is 2. The van der Waals surface area contributed by atoms with Crippen LogP contribution in [0.2, 0.25) is 0 Å². The molecule has 3 rings (SSSR count). The summed E-state index contributed by atoms with van der Waals surface area (Å²) in [5.74, 6) is -0.459. The zero-order chi connectivity index (χ0) is 19.2. The molecule has 144 valence electrons. The van der Waals surface area contributed by atoms with Gasteiger partial charge < -0.3 is 4.74 Å². The third-order valence-electron chi connectivity index (χ3n) is 5.61. The average molecular weight is 370 g/mol. The Kier molecular flexibility index (Phi) is 6.65. The molecule has 0 N–H and O–H groups in total. The van der Waals surface area contributed by atoms with E-state index in [9.17, 15) is 8.78 Å². The number of allylic oxidation sites excluding steroid dienone is 1. The fraction of sp³-hybridized carbons (Fsp3) is 0.417. The third-order valence-corrected chi connectivity index (χ3v) is 5.61. The Morgan fingerprint density at radius 2 is 1.67 bits per heavy atom. The van der Waals surface area contributed by atoms with E-state index in [2.05, 4.69) is 19.1 Å². The molecule has 1 nitrogen and oxygen atoms in total. The minimum absolute atomic E-state index is 0.102. The maximum Gasteiger partial charge on any atom is 0.201 e. The second kappa shape index (κ2) is 9.16. The van der Waals surface area contributed by atoms with Gasteiger partial charge >= 0.3 is 0 Å². The zero-order valence-electron chi connectivity index (χ0n) is 16.2. The number of rotatable bonds is 6. The topological polar surface area (TPSA) is 9.23 Å². The van der Waals surface area contributed by atoms with Crippen LogP contribution in [0, 0.1) is 17.6 Å². The summed E-state index contributed by atoms with van der Waals surface area (Å²) in [5, 5.41) is 0. The van der Waals surface area contributed by atoms with Crippen molar-refractivity contribution in [3.63, 3.8) is 0 Å². The van der Waals surface area contributed by atoms with Crippen molar-refractivity contribution in [3.8, 4) is 16.9 Å². The van der Waals surface area contributed by atoms with Crippen molar-refractivity contribution in [1.82, 2.24) is 0 Å². The van der Waals surface area contributed by atoms with Crippen molar-refractivity contribution in [3.05, 3.63) is 65.9 Å². The van der Waals surface area contributed by atoms with Gasteiger partial charge in [0.15, 0.2) is 11.6 Å². The standard InChI is InChI=1S/C24H28F2O/c1-3-5-17-6-8-18(9-7-17)19-10-12-20(13-11-19)21-14-15-22(27-16-4-2)24(26)23(21)25/h4,10-18H,3,5-9H2,1-2H3. The molecule has 0 aromatic heterocycles. The first kappa shape index (κ1) is 19.6. The summed E-state index contributed by atoms with van der Waals surface area (Å²) in [6.45, 7) is 4.01. The van der Waals surface area contributed by atoms with E-state index in [4.69, 9.17) is 4.74 Å². The van der Waals surface area contributed by atoms with Gasteiger partial charge in [0.05, 0.1) is 6.26 Å². The molecule has 3 heteroatoms. The Hall–Kier alpha value is -2.16. The highest BCUT2D eigenvalue weighted by molar-refractivity contribution is 5.65. The Labute approximate surface area is 161 Å². The van der Waals surface area contributed by atoms with Crippen LogP contribution in [-0.2, 0) is 0 Å². The van der Waals surface area contributed by atoms with Gasteiger partial charge in [0.2, 0.25) is 5.82 Å². The van der Waals surface area contributed by atoms with Gasteiger partial charge in [-0.25, -0.2) is 4.39 Å². The van der Waals surface area contributed by atoms with Gasteiger partial charge in [-0.1, -0.05) is 50.1 Å². The van der Waals surface area contributed by atoms with E-state index >= 15 is 0 Å². The van der Waals surface area contributed by atoms with Crippen LogP contribution in [0.5, 0.6) is 5.75 Å². The van der Waals surface area contributed by atoms with Crippen LogP contribution in [0.25, 0.3) is 11.1 Å². The first-order chi connectivity index (χ1) is 13.1. The summed E-state index contributed by atoms with van der Waals surface area (Å²) in [6, 6.07) is 11.0. The molecule has 0 unspecified atom stereocenters. The van der Waals surface area contributed by atoms with Gasteiger partial charge in [0.1, 0.15) is 0 Å². The highest BCUT2D eigenvalue weighted by Gasteiger charge is 2.22. The maximum atomic E-state index is 14.5. The lowest BCUT2D eigenvalue weighted by Crippen LogP contribution is -2.13. The van der Waals surface area contributed by atoms with Gasteiger partial charge in [-0.15, -0.1) is 0 Å². The summed E-state index contributed by atoms with van der Waals surface area (Å²) in [5.41, 5.74) is 2.26. The summed E-state index contributed by atoms with van der Waals surface area (Å²) in [6.07, 6.45) is 10.6. The summed E-state index contributed by atoms with van der Waals surface area (Å²) >= 11 is 0. The summed E-state index contributed by atoms with van der Waals surface area (Å²) < 4.78 is 33.8. The van der Waals surface area contributed by atoms with Gasteiger partial charge in [-0.3, -0.25) is 0 Å². The van der Waals surface area contributed by atoms with Crippen molar-refractivity contribution in [2.45, 2.75) is 58.3 Å². The zero-order valence-corrected chi connectivity index (χ0v) is 16.2. The minimum Gasteiger partial charge on any atom is -0.462 e. The lowest BCUT2D eigenvalue weighted by Gasteiger charge is -2.28.